The van der Waals surface area contributed by atoms with E-state index in [1.807, 2.05) is 24.8 Å². The monoisotopic (exact) mass is 564 g/mol. The van der Waals surface area contributed by atoms with Gasteiger partial charge in [0.05, 0.1) is 17.0 Å². The Morgan fingerprint density at radius 1 is 1.24 bits per heavy atom. The van der Waals surface area contributed by atoms with E-state index in [1.165, 1.54) is 28.8 Å². The van der Waals surface area contributed by atoms with E-state index in [9.17, 15) is 19.1 Å². The van der Waals surface area contributed by atoms with Gasteiger partial charge in [0.25, 0.3) is 0 Å². The number of carbonyl (C=O) groups is 1. The summed E-state index contributed by atoms with van der Waals surface area (Å²) < 4.78 is 32.2. The molecule has 11 heteroatoms. The van der Waals surface area contributed by atoms with Crippen LogP contribution in [-0.4, -0.2) is 68.7 Å². The number of aromatic nitrogens is 3. The Hall–Kier alpha value is -4.12. The zero-order chi connectivity index (χ0) is 29.4. The number of phenols is 1. The molecule has 1 fully saturated rings. The number of aromatic hydroxyl groups is 1. The van der Waals surface area contributed by atoms with Crippen molar-refractivity contribution in [2.24, 2.45) is 0 Å². The highest BCUT2D eigenvalue weighted by molar-refractivity contribution is 5.91. The van der Waals surface area contributed by atoms with Crippen molar-refractivity contribution in [3.8, 4) is 17.0 Å². The maximum atomic E-state index is 15.8. The lowest BCUT2D eigenvalue weighted by Gasteiger charge is -2.41. The van der Waals surface area contributed by atoms with Crippen molar-refractivity contribution in [2.75, 3.05) is 31.1 Å². The van der Waals surface area contributed by atoms with Gasteiger partial charge in [-0.2, -0.15) is 4.98 Å². The summed E-state index contributed by atoms with van der Waals surface area (Å²) in [6.45, 7) is 11.2. The third-order valence-corrected chi connectivity index (χ3v) is 7.98. The number of amides is 1. The summed E-state index contributed by atoms with van der Waals surface area (Å²) >= 11 is 0. The molecule has 0 bridgehead atoms. The van der Waals surface area contributed by atoms with Crippen molar-refractivity contribution < 1.29 is 18.7 Å². The molecule has 2 aliphatic rings. The van der Waals surface area contributed by atoms with Crippen LogP contribution in [0.5, 0.6) is 5.75 Å². The third kappa shape index (κ3) is 5.10. The van der Waals surface area contributed by atoms with Crippen LogP contribution in [0.25, 0.3) is 22.3 Å². The van der Waals surface area contributed by atoms with E-state index in [1.54, 1.807) is 4.90 Å². The summed E-state index contributed by atoms with van der Waals surface area (Å²) in [7, 11) is 0. The van der Waals surface area contributed by atoms with Crippen LogP contribution in [0.1, 0.15) is 39.7 Å². The molecular formula is C30H34F2N6O3. The van der Waals surface area contributed by atoms with Gasteiger partial charge in [-0.05, 0) is 44.5 Å². The molecule has 0 spiro atoms. The number of anilines is 1. The molecule has 0 aliphatic carbocycles. The number of phenolic OH excluding ortho intramolecular Hbond substituents is 1. The molecule has 0 radical (unpaired) electrons. The largest absolute Gasteiger partial charge is 0.507 e. The Morgan fingerprint density at radius 2 is 2.02 bits per heavy atom. The van der Waals surface area contributed by atoms with Crippen molar-refractivity contribution in [1.82, 2.24) is 24.8 Å². The number of fused-ring (bicyclic) bond motifs is 1. The number of carbonyl (C=O) groups excluding carboxylic acids is 1. The summed E-state index contributed by atoms with van der Waals surface area (Å²) in [5.41, 5.74) is -0.279. The Balaban J connectivity index is 1.77. The number of hydrogen-bond acceptors (Lipinski definition) is 7. The average molecular weight is 565 g/mol. The first-order valence-corrected chi connectivity index (χ1v) is 13.8. The summed E-state index contributed by atoms with van der Waals surface area (Å²) in [6.07, 6.45) is 4.89. The molecule has 4 heterocycles. The standard InChI is InChI=1S/C30H34F2N6O3/c1-5-8-22-27(17(3)11-12-33-22)38-29-19(15-21(32)26(34-29)25-20(31)9-7-10-23(25)39)28(35-30(38)41)37-14-13-36(16-18(37)4)24(40)6-2/h6-7,9-11,15,18,22,27,33,39H,2,5,8,12-14,16H2,1,3-4H3/t18-,22?,27?/m0/s1. The fourth-order valence-corrected chi connectivity index (χ4v) is 5.99. The normalized spacial score (nSPS) is 21.2. The Morgan fingerprint density at radius 3 is 2.71 bits per heavy atom. The maximum Gasteiger partial charge on any atom is 0.351 e. The Kier molecular flexibility index (Phi) is 7.90. The van der Waals surface area contributed by atoms with E-state index in [4.69, 9.17) is 0 Å². The number of piperazine rings is 1. The molecule has 1 amide bonds. The molecule has 2 aliphatic heterocycles. The number of nitrogens with zero attached hydrogens (tertiary/aromatic N) is 5. The molecule has 3 atom stereocenters. The molecule has 1 saturated heterocycles. The van der Waals surface area contributed by atoms with Gasteiger partial charge in [-0.3, -0.25) is 9.36 Å². The van der Waals surface area contributed by atoms with Crippen LogP contribution in [0.2, 0.25) is 0 Å². The van der Waals surface area contributed by atoms with Crippen molar-refractivity contribution in [2.45, 2.75) is 51.7 Å². The third-order valence-electron chi connectivity index (χ3n) is 7.98. The van der Waals surface area contributed by atoms with E-state index in [-0.39, 0.29) is 40.4 Å². The van der Waals surface area contributed by atoms with Gasteiger partial charge in [-0.1, -0.05) is 37.6 Å². The van der Waals surface area contributed by atoms with Crippen LogP contribution < -0.4 is 15.9 Å². The first kappa shape index (κ1) is 28.4. The first-order chi connectivity index (χ1) is 19.7. The molecule has 5 rings (SSSR count). The zero-order valence-corrected chi connectivity index (χ0v) is 23.4. The van der Waals surface area contributed by atoms with Crippen LogP contribution >= 0.6 is 0 Å². The molecule has 2 unspecified atom stereocenters. The minimum Gasteiger partial charge on any atom is -0.507 e. The van der Waals surface area contributed by atoms with E-state index in [0.717, 1.165) is 24.5 Å². The van der Waals surface area contributed by atoms with E-state index in [0.29, 0.717) is 26.2 Å². The molecule has 1 aromatic carbocycles. The van der Waals surface area contributed by atoms with Gasteiger partial charge >= 0.3 is 5.69 Å². The molecule has 9 nitrogen and oxygen atoms in total. The van der Waals surface area contributed by atoms with Gasteiger partial charge in [0, 0.05) is 38.3 Å². The lowest BCUT2D eigenvalue weighted by atomic mass is 9.93. The summed E-state index contributed by atoms with van der Waals surface area (Å²) in [6, 6.07) is 4.09. The topological polar surface area (TPSA) is 104 Å². The molecular weight excluding hydrogens is 530 g/mol. The molecule has 216 valence electrons. The lowest BCUT2D eigenvalue weighted by Crippen LogP contribution is -2.54. The van der Waals surface area contributed by atoms with Crippen LogP contribution in [0.4, 0.5) is 14.6 Å². The fourth-order valence-electron chi connectivity index (χ4n) is 5.99. The SMILES string of the molecule is C=CC(=O)N1CCN(c2nc(=O)n(C3C(C)=CCNC3CCC)c3nc(-c4c(O)cccc4F)c(F)cc23)[C@@H](C)C1. The van der Waals surface area contributed by atoms with Crippen molar-refractivity contribution >= 4 is 22.8 Å². The maximum absolute atomic E-state index is 15.8. The second-order valence-corrected chi connectivity index (χ2v) is 10.6. The minimum absolute atomic E-state index is 0.108. The second-order valence-electron chi connectivity index (χ2n) is 10.6. The average Bonchev–Trinajstić information content (AvgIpc) is 2.94. The highest BCUT2D eigenvalue weighted by Gasteiger charge is 2.34. The number of nitrogens with one attached hydrogen (secondary N) is 1. The number of hydrogen-bond donors (Lipinski definition) is 2. The first-order valence-electron chi connectivity index (χ1n) is 13.8. The lowest BCUT2D eigenvalue weighted by molar-refractivity contribution is -0.126. The Bertz CT molecular complexity index is 1580. The van der Waals surface area contributed by atoms with Gasteiger partial charge < -0.3 is 20.2 Å². The highest BCUT2D eigenvalue weighted by atomic mass is 19.1. The zero-order valence-electron chi connectivity index (χ0n) is 23.4. The van der Waals surface area contributed by atoms with E-state index < -0.39 is 34.8 Å². The van der Waals surface area contributed by atoms with Gasteiger partial charge in [-0.25, -0.2) is 18.6 Å². The van der Waals surface area contributed by atoms with Gasteiger partial charge in [0.1, 0.15) is 28.7 Å². The van der Waals surface area contributed by atoms with Crippen molar-refractivity contribution in [1.29, 1.82) is 0 Å². The van der Waals surface area contributed by atoms with Gasteiger partial charge in [0.15, 0.2) is 5.82 Å². The number of benzene rings is 1. The molecule has 0 saturated carbocycles. The van der Waals surface area contributed by atoms with E-state index >= 15 is 4.39 Å². The fraction of sp³-hybridized carbons (Fsp3) is 0.400. The summed E-state index contributed by atoms with van der Waals surface area (Å²) in [5.74, 6) is -2.11. The van der Waals surface area contributed by atoms with Crippen LogP contribution in [0, 0.1) is 11.6 Å². The minimum atomic E-state index is -0.863. The van der Waals surface area contributed by atoms with Crippen LogP contribution in [0.3, 0.4) is 0 Å². The van der Waals surface area contributed by atoms with Crippen LogP contribution in [0.15, 0.2) is 53.4 Å². The predicted molar refractivity (Wildman–Crippen MR) is 154 cm³/mol. The quantitative estimate of drug-likeness (QED) is 0.346. The Labute approximate surface area is 236 Å². The van der Waals surface area contributed by atoms with E-state index in [2.05, 4.69) is 28.8 Å². The van der Waals surface area contributed by atoms with Crippen molar-refractivity contribution in [3.05, 3.63) is 70.7 Å². The number of halogens is 2. The van der Waals surface area contributed by atoms with Gasteiger partial charge in [-0.15, -0.1) is 0 Å². The van der Waals surface area contributed by atoms with Gasteiger partial charge in [0.2, 0.25) is 5.91 Å². The summed E-state index contributed by atoms with van der Waals surface area (Å²) in [5, 5.41) is 14.2. The number of rotatable bonds is 6. The smallest absolute Gasteiger partial charge is 0.351 e. The highest BCUT2D eigenvalue weighted by Crippen LogP contribution is 2.37. The molecule has 3 aromatic rings. The van der Waals surface area contributed by atoms with Crippen LogP contribution in [-0.2, 0) is 4.79 Å². The molecule has 41 heavy (non-hydrogen) atoms. The number of pyridine rings is 1. The summed E-state index contributed by atoms with van der Waals surface area (Å²) in [4.78, 5) is 38.7. The molecule has 2 aromatic heterocycles. The predicted octanol–water partition coefficient (Wildman–Crippen LogP) is 3.92. The van der Waals surface area contributed by atoms with Crippen molar-refractivity contribution in [3.63, 3.8) is 0 Å². The second kappa shape index (κ2) is 11.4. The molecule has 2 N–H and O–H groups in total.